The molecule has 4 N–H and O–H groups in total. The number of urea groups is 1. The van der Waals surface area contributed by atoms with Gasteiger partial charge in [0, 0.05) is 44.9 Å². The second kappa shape index (κ2) is 23.3. The van der Waals surface area contributed by atoms with Crippen molar-refractivity contribution >= 4 is 45.4 Å². The molecule has 0 saturated heterocycles. The molecular formula is C55H59N7O6. The number of hydrogen-bond acceptors (Lipinski definition) is 8. The first-order valence-corrected chi connectivity index (χ1v) is 23.0. The second-order valence-electron chi connectivity index (χ2n) is 16.5. The van der Waals surface area contributed by atoms with Crippen molar-refractivity contribution in [1.82, 2.24) is 36.3 Å². The van der Waals surface area contributed by atoms with Crippen molar-refractivity contribution in [1.29, 1.82) is 0 Å². The molecule has 0 aliphatic carbocycles. The number of carbonyl (C=O) groups excluding carboxylic acids is 4. The van der Waals surface area contributed by atoms with E-state index in [1.165, 1.54) is 5.01 Å². The molecule has 0 fully saturated rings. The molecule has 0 aliphatic heterocycles. The Morgan fingerprint density at radius 2 is 1.19 bits per heavy atom. The van der Waals surface area contributed by atoms with Crippen molar-refractivity contribution in [3.63, 3.8) is 0 Å². The Kier molecular flexibility index (Phi) is 16.6. The number of likely N-dealkylation sites (N-methyl/N-ethyl adjacent to an activating group) is 1. The lowest BCUT2D eigenvalue weighted by molar-refractivity contribution is -0.180. The number of benzene rings is 6. The first-order valence-electron chi connectivity index (χ1n) is 23.0. The fourth-order valence-corrected chi connectivity index (χ4v) is 8.66. The molecule has 6 aromatic carbocycles. The predicted molar refractivity (Wildman–Crippen MR) is 265 cm³/mol. The maximum Gasteiger partial charge on any atom is 0.329 e. The zero-order valence-electron chi connectivity index (χ0n) is 38.9. The van der Waals surface area contributed by atoms with E-state index >= 15 is 9.59 Å². The molecule has 13 nitrogen and oxygen atoms in total. The first-order chi connectivity index (χ1) is 33.1. The van der Waals surface area contributed by atoms with Crippen molar-refractivity contribution in [2.75, 3.05) is 26.8 Å². The maximum absolute atomic E-state index is 15.5. The molecule has 0 bridgehead atoms. The average molecular weight is 914 g/mol. The standard InChI is InChI=1S/C55H59N7O6/c1-5-67-53(68-6-2)39(3)62(37-43-25-19-23-41-26-20-34-56-51(41)43)52(65)48(58-50(64)38-61(4)60-54(66)57-36-42-24-18-22-40-21-16-17-33-47(40)42)35-49(63)59-55(44-27-10-7-11-28-44,45-29-12-8-13-30-45)46-31-14-9-15-32-46/h7-34,39,48,53H,5-6,35-38H2,1-4H3,(H,58,64)(H,59,63)(H2,57,60,66). The fourth-order valence-electron chi connectivity index (χ4n) is 8.66. The molecule has 7 rings (SSSR count). The van der Waals surface area contributed by atoms with E-state index in [4.69, 9.17) is 9.47 Å². The smallest absolute Gasteiger partial charge is 0.329 e. The monoisotopic (exact) mass is 913 g/mol. The van der Waals surface area contributed by atoms with E-state index in [0.717, 1.165) is 44.0 Å². The zero-order chi connectivity index (χ0) is 47.9. The number of hydrogen-bond donors (Lipinski definition) is 4. The Morgan fingerprint density at radius 3 is 1.81 bits per heavy atom. The highest BCUT2D eigenvalue weighted by molar-refractivity contribution is 5.94. The van der Waals surface area contributed by atoms with E-state index in [-0.39, 0.29) is 19.6 Å². The maximum atomic E-state index is 15.5. The van der Waals surface area contributed by atoms with Gasteiger partial charge in [0.25, 0.3) is 0 Å². The number of fused-ring (bicyclic) bond motifs is 2. The number of para-hydroxylation sites is 1. The molecular weight excluding hydrogens is 855 g/mol. The minimum atomic E-state index is -1.40. The van der Waals surface area contributed by atoms with Crippen LogP contribution in [-0.2, 0) is 42.5 Å². The number of nitrogens with one attached hydrogen (secondary N) is 4. The molecule has 0 saturated carbocycles. The predicted octanol–water partition coefficient (Wildman–Crippen LogP) is 7.83. The van der Waals surface area contributed by atoms with Gasteiger partial charge in [-0.25, -0.2) is 9.80 Å². The van der Waals surface area contributed by atoms with Gasteiger partial charge in [-0.15, -0.1) is 0 Å². The minimum Gasteiger partial charge on any atom is -0.351 e. The zero-order valence-corrected chi connectivity index (χ0v) is 38.9. The third-order valence-corrected chi connectivity index (χ3v) is 11.9. The van der Waals surface area contributed by atoms with Crippen LogP contribution in [0.1, 0.15) is 55.0 Å². The summed E-state index contributed by atoms with van der Waals surface area (Å²) < 4.78 is 12.1. The normalized spacial score (nSPS) is 12.4. The number of aromatic nitrogens is 1. The van der Waals surface area contributed by atoms with Crippen molar-refractivity contribution in [3.8, 4) is 0 Å². The number of pyridine rings is 1. The Hall–Kier alpha value is -7.45. The molecule has 1 heterocycles. The molecule has 68 heavy (non-hydrogen) atoms. The highest BCUT2D eigenvalue weighted by Gasteiger charge is 2.40. The van der Waals surface area contributed by atoms with Crippen LogP contribution < -0.4 is 21.4 Å². The van der Waals surface area contributed by atoms with E-state index in [1.807, 2.05) is 185 Å². The van der Waals surface area contributed by atoms with Crippen molar-refractivity contribution < 1.29 is 28.7 Å². The fraction of sp³-hybridized carbons (Fsp3) is 0.255. The molecule has 13 heteroatoms. The lowest BCUT2D eigenvalue weighted by atomic mass is 9.77. The number of nitrogens with zero attached hydrogens (tertiary/aromatic N) is 3. The Morgan fingerprint density at radius 1 is 0.647 bits per heavy atom. The van der Waals surface area contributed by atoms with Crippen LogP contribution in [0.3, 0.4) is 0 Å². The van der Waals surface area contributed by atoms with Crippen LogP contribution in [0, 0.1) is 0 Å². The van der Waals surface area contributed by atoms with Crippen LogP contribution in [0.2, 0.25) is 0 Å². The minimum absolute atomic E-state index is 0.0549. The lowest BCUT2D eigenvalue weighted by Gasteiger charge is -2.38. The summed E-state index contributed by atoms with van der Waals surface area (Å²) in [6.45, 7) is 6.10. The van der Waals surface area contributed by atoms with Gasteiger partial charge in [0.2, 0.25) is 17.7 Å². The second-order valence-corrected chi connectivity index (χ2v) is 16.5. The summed E-state index contributed by atoms with van der Waals surface area (Å²) in [5.41, 5.74) is 6.26. The third-order valence-electron chi connectivity index (χ3n) is 11.9. The number of hydrazine groups is 1. The lowest BCUT2D eigenvalue weighted by Crippen LogP contribution is -2.58. The van der Waals surface area contributed by atoms with Gasteiger partial charge in [0.1, 0.15) is 11.6 Å². The molecule has 350 valence electrons. The Labute approximate surface area is 397 Å². The Balaban J connectivity index is 1.20. The van der Waals surface area contributed by atoms with Crippen LogP contribution in [0.15, 0.2) is 170 Å². The van der Waals surface area contributed by atoms with Gasteiger partial charge in [0.15, 0.2) is 6.29 Å². The van der Waals surface area contributed by atoms with E-state index in [1.54, 1.807) is 18.1 Å². The van der Waals surface area contributed by atoms with Gasteiger partial charge in [-0.2, -0.15) is 0 Å². The summed E-state index contributed by atoms with van der Waals surface area (Å²) in [6, 6.07) is 49.7. The van der Waals surface area contributed by atoms with Gasteiger partial charge in [-0.3, -0.25) is 24.8 Å². The molecule has 0 spiro atoms. The molecule has 5 amide bonds. The largest absolute Gasteiger partial charge is 0.351 e. The highest BCUT2D eigenvalue weighted by Crippen LogP contribution is 2.37. The Bertz CT molecular complexity index is 2660. The van der Waals surface area contributed by atoms with Crippen LogP contribution in [0.5, 0.6) is 0 Å². The summed E-state index contributed by atoms with van der Waals surface area (Å²) in [7, 11) is 1.55. The molecule has 2 unspecified atom stereocenters. The summed E-state index contributed by atoms with van der Waals surface area (Å²) in [4.78, 5) is 64.1. The summed E-state index contributed by atoms with van der Waals surface area (Å²) in [5, 5.41) is 13.4. The summed E-state index contributed by atoms with van der Waals surface area (Å²) >= 11 is 0. The molecule has 2 atom stereocenters. The highest BCUT2D eigenvalue weighted by atomic mass is 16.7. The molecule has 0 aliphatic rings. The molecule has 0 radical (unpaired) electrons. The van der Waals surface area contributed by atoms with E-state index in [2.05, 4.69) is 26.4 Å². The van der Waals surface area contributed by atoms with Crippen LogP contribution in [0.25, 0.3) is 21.7 Å². The van der Waals surface area contributed by atoms with Gasteiger partial charge in [-0.1, -0.05) is 158 Å². The average Bonchev–Trinajstić information content (AvgIpc) is 3.36. The van der Waals surface area contributed by atoms with Crippen molar-refractivity contribution in [3.05, 3.63) is 198 Å². The van der Waals surface area contributed by atoms with Crippen molar-refractivity contribution in [2.45, 2.75) is 64.2 Å². The van der Waals surface area contributed by atoms with Gasteiger partial charge < -0.3 is 30.3 Å². The number of ether oxygens (including phenoxy) is 2. The molecule has 1 aromatic heterocycles. The quantitative estimate of drug-likeness (QED) is 0.0323. The van der Waals surface area contributed by atoms with Gasteiger partial charge in [0.05, 0.1) is 24.5 Å². The number of rotatable bonds is 21. The van der Waals surface area contributed by atoms with Crippen molar-refractivity contribution in [2.24, 2.45) is 0 Å². The first kappa shape index (κ1) is 48.5. The summed E-state index contributed by atoms with van der Waals surface area (Å²) in [6.07, 6.45) is 0.406. The number of amides is 5. The molecule has 7 aromatic rings. The van der Waals surface area contributed by atoms with Gasteiger partial charge >= 0.3 is 6.03 Å². The van der Waals surface area contributed by atoms with Crippen LogP contribution in [0.4, 0.5) is 4.79 Å². The van der Waals surface area contributed by atoms with E-state index < -0.39 is 54.1 Å². The van der Waals surface area contributed by atoms with E-state index in [0.29, 0.717) is 18.7 Å². The SMILES string of the molecule is CCOC(OCC)C(C)N(Cc1cccc2cccnc12)C(=O)C(CC(=O)NC(c1ccccc1)(c1ccccc1)c1ccccc1)NC(=O)CN(C)NC(=O)NCc1cccc2ccccc12. The topological polar surface area (TPSA) is 154 Å². The number of carbonyl (C=O) groups is 4. The van der Waals surface area contributed by atoms with Crippen LogP contribution >= 0.6 is 0 Å². The van der Waals surface area contributed by atoms with Crippen LogP contribution in [-0.4, -0.2) is 83.8 Å². The summed E-state index contributed by atoms with van der Waals surface area (Å²) in [5.74, 6) is -1.67. The van der Waals surface area contributed by atoms with E-state index in [9.17, 15) is 9.59 Å². The van der Waals surface area contributed by atoms with Gasteiger partial charge in [-0.05, 0) is 65.4 Å². The third kappa shape index (κ3) is 11.7.